The Labute approximate surface area is 127 Å². The molecule has 3 rings (SSSR count). The zero-order chi connectivity index (χ0) is 15.9. The lowest BCUT2D eigenvalue weighted by Crippen LogP contribution is -2.37. The van der Waals surface area contributed by atoms with Crippen molar-refractivity contribution in [3.05, 3.63) is 30.1 Å². The van der Waals surface area contributed by atoms with Crippen LogP contribution in [-0.2, 0) is 4.79 Å². The minimum absolute atomic E-state index is 0.0246. The Hall–Kier alpha value is -1.98. The van der Waals surface area contributed by atoms with Crippen molar-refractivity contribution in [1.29, 1.82) is 0 Å². The van der Waals surface area contributed by atoms with Crippen molar-refractivity contribution >= 4 is 16.9 Å². The standard InChI is InChI=1S/C16H19F2N3O/c1-10(2)15(16(22)20-5-3-4-6-20)21-9-19-13-7-11(17)12(18)8-14(13)21/h7-10,15H,3-6H2,1-2H3/t15-/m1/s1. The molecular weight excluding hydrogens is 288 g/mol. The maximum Gasteiger partial charge on any atom is 0.245 e. The molecule has 1 aromatic carbocycles. The molecule has 0 bridgehead atoms. The number of benzene rings is 1. The highest BCUT2D eigenvalue weighted by atomic mass is 19.2. The summed E-state index contributed by atoms with van der Waals surface area (Å²) in [4.78, 5) is 18.8. The van der Waals surface area contributed by atoms with Gasteiger partial charge in [-0.25, -0.2) is 13.8 Å². The van der Waals surface area contributed by atoms with Crippen molar-refractivity contribution in [2.75, 3.05) is 13.1 Å². The highest BCUT2D eigenvalue weighted by Gasteiger charge is 2.31. The molecule has 1 fully saturated rings. The molecular formula is C16H19F2N3O. The molecule has 0 unspecified atom stereocenters. The first-order chi connectivity index (χ1) is 10.5. The largest absolute Gasteiger partial charge is 0.341 e. The van der Waals surface area contributed by atoms with Gasteiger partial charge in [-0.3, -0.25) is 4.79 Å². The first-order valence-electron chi connectivity index (χ1n) is 7.59. The van der Waals surface area contributed by atoms with Gasteiger partial charge in [-0.1, -0.05) is 13.8 Å². The third kappa shape index (κ3) is 2.46. The molecule has 1 amide bonds. The van der Waals surface area contributed by atoms with E-state index in [9.17, 15) is 13.6 Å². The summed E-state index contributed by atoms with van der Waals surface area (Å²) in [6, 6.07) is 1.73. The van der Waals surface area contributed by atoms with Crippen molar-refractivity contribution < 1.29 is 13.6 Å². The summed E-state index contributed by atoms with van der Waals surface area (Å²) in [7, 11) is 0. The molecule has 6 heteroatoms. The molecule has 22 heavy (non-hydrogen) atoms. The van der Waals surface area contributed by atoms with E-state index in [1.165, 1.54) is 6.33 Å². The summed E-state index contributed by atoms with van der Waals surface area (Å²) in [6.45, 7) is 5.42. The van der Waals surface area contributed by atoms with Crippen molar-refractivity contribution in [2.24, 2.45) is 5.92 Å². The van der Waals surface area contributed by atoms with Gasteiger partial charge in [0.1, 0.15) is 6.04 Å². The number of carbonyl (C=O) groups is 1. The first kappa shape index (κ1) is 14.9. The minimum atomic E-state index is -0.926. The van der Waals surface area contributed by atoms with E-state index < -0.39 is 17.7 Å². The van der Waals surface area contributed by atoms with Crippen LogP contribution in [-0.4, -0.2) is 33.4 Å². The average molecular weight is 307 g/mol. The van der Waals surface area contributed by atoms with E-state index in [-0.39, 0.29) is 11.8 Å². The van der Waals surface area contributed by atoms with Crippen molar-refractivity contribution in [1.82, 2.24) is 14.5 Å². The molecule has 2 heterocycles. The predicted octanol–water partition coefficient (Wildman–Crippen LogP) is 3.13. The molecule has 118 valence electrons. The summed E-state index contributed by atoms with van der Waals surface area (Å²) < 4.78 is 28.6. The number of aromatic nitrogens is 2. The van der Waals surface area contributed by atoms with E-state index in [1.54, 1.807) is 4.57 Å². The summed E-state index contributed by atoms with van der Waals surface area (Å²) in [5.41, 5.74) is 0.809. The molecule has 0 N–H and O–H groups in total. The lowest BCUT2D eigenvalue weighted by molar-refractivity contribution is -0.134. The summed E-state index contributed by atoms with van der Waals surface area (Å²) in [5.74, 6) is -1.80. The fraction of sp³-hybridized carbons (Fsp3) is 0.500. The molecule has 4 nitrogen and oxygen atoms in total. The fourth-order valence-electron chi connectivity index (χ4n) is 3.09. The molecule has 1 atom stereocenters. The molecule has 0 aliphatic carbocycles. The van der Waals surface area contributed by atoms with Crippen LogP contribution in [0.5, 0.6) is 0 Å². The predicted molar refractivity (Wildman–Crippen MR) is 79.3 cm³/mol. The number of hydrogen-bond donors (Lipinski definition) is 0. The Morgan fingerprint density at radius 2 is 1.82 bits per heavy atom. The van der Waals surface area contributed by atoms with Crippen molar-refractivity contribution in [2.45, 2.75) is 32.7 Å². The van der Waals surface area contributed by atoms with E-state index in [0.29, 0.717) is 11.0 Å². The zero-order valence-electron chi connectivity index (χ0n) is 12.7. The number of carbonyl (C=O) groups excluding carboxylic acids is 1. The second-order valence-corrected chi connectivity index (χ2v) is 6.13. The quantitative estimate of drug-likeness (QED) is 0.874. The topological polar surface area (TPSA) is 38.1 Å². The van der Waals surface area contributed by atoms with Crippen molar-refractivity contribution in [3.63, 3.8) is 0 Å². The minimum Gasteiger partial charge on any atom is -0.341 e. The van der Waals surface area contributed by atoms with E-state index in [1.807, 2.05) is 18.7 Å². The van der Waals surface area contributed by atoms with Crippen LogP contribution in [0.1, 0.15) is 32.7 Å². The van der Waals surface area contributed by atoms with Gasteiger partial charge in [0, 0.05) is 25.2 Å². The van der Waals surface area contributed by atoms with Crippen LogP contribution in [0.3, 0.4) is 0 Å². The number of halogens is 2. The highest BCUT2D eigenvalue weighted by molar-refractivity contribution is 5.84. The molecule has 1 saturated heterocycles. The number of amides is 1. The van der Waals surface area contributed by atoms with Crippen LogP contribution in [0.25, 0.3) is 11.0 Å². The van der Waals surface area contributed by atoms with Crippen molar-refractivity contribution in [3.8, 4) is 0 Å². The second kappa shape index (κ2) is 5.66. The van der Waals surface area contributed by atoms with Gasteiger partial charge in [0.15, 0.2) is 11.6 Å². The molecule has 0 spiro atoms. The fourth-order valence-corrected chi connectivity index (χ4v) is 3.09. The Balaban J connectivity index is 2.05. The number of rotatable bonds is 3. The maximum atomic E-state index is 13.6. The number of likely N-dealkylation sites (tertiary alicyclic amines) is 1. The van der Waals surface area contributed by atoms with Crippen LogP contribution in [0.15, 0.2) is 18.5 Å². The summed E-state index contributed by atoms with van der Waals surface area (Å²) >= 11 is 0. The van der Waals surface area contributed by atoms with E-state index in [4.69, 9.17) is 0 Å². The van der Waals surface area contributed by atoms with Crippen LogP contribution < -0.4 is 0 Å². The number of nitrogens with zero attached hydrogens (tertiary/aromatic N) is 3. The Kier molecular flexibility index (Phi) is 3.85. The molecule has 1 aromatic heterocycles. The Morgan fingerprint density at radius 3 is 2.45 bits per heavy atom. The van der Waals surface area contributed by atoms with Gasteiger partial charge in [-0.05, 0) is 18.8 Å². The molecule has 0 saturated carbocycles. The van der Waals surface area contributed by atoms with Gasteiger partial charge >= 0.3 is 0 Å². The SMILES string of the molecule is CC(C)[C@H](C(=O)N1CCCC1)n1cnc2cc(F)c(F)cc21. The summed E-state index contributed by atoms with van der Waals surface area (Å²) in [5, 5.41) is 0. The van der Waals surface area contributed by atoms with Gasteiger partial charge in [0.05, 0.1) is 17.4 Å². The van der Waals surface area contributed by atoms with Gasteiger partial charge in [-0.15, -0.1) is 0 Å². The van der Waals surface area contributed by atoms with E-state index >= 15 is 0 Å². The second-order valence-electron chi connectivity index (χ2n) is 6.13. The monoisotopic (exact) mass is 307 g/mol. The lowest BCUT2D eigenvalue weighted by Gasteiger charge is -2.27. The third-order valence-corrected chi connectivity index (χ3v) is 4.22. The first-order valence-corrected chi connectivity index (χ1v) is 7.59. The van der Waals surface area contributed by atoms with Crippen LogP contribution in [0.4, 0.5) is 8.78 Å². The highest BCUT2D eigenvalue weighted by Crippen LogP contribution is 2.28. The number of fused-ring (bicyclic) bond motifs is 1. The van der Waals surface area contributed by atoms with Crippen LogP contribution >= 0.6 is 0 Å². The van der Waals surface area contributed by atoms with Gasteiger partial charge in [0.25, 0.3) is 0 Å². The lowest BCUT2D eigenvalue weighted by atomic mass is 10.0. The molecule has 1 aliphatic rings. The number of imidazole rings is 1. The van der Waals surface area contributed by atoms with Gasteiger partial charge in [-0.2, -0.15) is 0 Å². The summed E-state index contributed by atoms with van der Waals surface area (Å²) in [6.07, 6.45) is 3.53. The van der Waals surface area contributed by atoms with Crippen LogP contribution in [0.2, 0.25) is 0 Å². The Morgan fingerprint density at radius 1 is 1.18 bits per heavy atom. The smallest absolute Gasteiger partial charge is 0.245 e. The molecule has 1 aliphatic heterocycles. The molecule has 0 radical (unpaired) electrons. The third-order valence-electron chi connectivity index (χ3n) is 4.22. The maximum absolute atomic E-state index is 13.6. The normalized spacial score (nSPS) is 16.7. The zero-order valence-corrected chi connectivity index (χ0v) is 12.7. The average Bonchev–Trinajstić information content (AvgIpc) is 3.10. The van der Waals surface area contributed by atoms with E-state index in [0.717, 1.165) is 38.1 Å². The molecule has 2 aromatic rings. The van der Waals surface area contributed by atoms with Gasteiger partial charge in [0.2, 0.25) is 5.91 Å². The van der Waals surface area contributed by atoms with Gasteiger partial charge < -0.3 is 9.47 Å². The number of hydrogen-bond acceptors (Lipinski definition) is 2. The Bertz CT molecular complexity index is 705. The van der Waals surface area contributed by atoms with Crippen LogP contribution in [0, 0.1) is 17.6 Å². The van der Waals surface area contributed by atoms with E-state index in [2.05, 4.69) is 4.98 Å².